The summed E-state index contributed by atoms with van der Waals surface area (Å²) in [5.41, 5.74) is -4.31. The highest BCUT2D eigenvalue weighted by Gasteiger charge is 2.62. The number of benzene rings is 1. The van der Waals surface area contributed by atoms with Crippen LogP contribution in [0.4, 0.5) is 13.2 Å². The quantitative estimate of drug-likeness (QED) is 0.596. The maximum atomic E-state index is 13.4. The number of rotatable bonds is 6. The molecular formula is C13H14F3NO5. The van der Waals surface area contributed by atoms with Gasteiger partial charge < -0.3 is 19.9 Å². The molecule has 0 spiro atoms. The number of nitrogens with one attached hydrogen (secondary N) is 1. The number of hydrogen-bond donors (Lipinski definition) is 2. The van der Waals surface area contributed by atoms with Gasteiger partial charge in [-0.05, 0) is 17.7 Å². The minimum Gasteiger partial charge on any atom is -0.497 e. The third-order valence-electron chi connectivity index (χ3n) is 3.05. The predicted octanol–water partition coefficient (Wildman–Crippen LogP) is 0.733. The number of esters is 1. The summed E-state index contributed by atoms with van der Waals surface area (Å²) in [7, 11) is 2.16. The van der Waals surface area contributed by atoms with Crippen molar-refractivity contribution in [1.82, 2.24) is 5.32 Å². The molecule has 0 unspecified atom stereocenters. The lowest BCUT2D eigenvalue weighted by Gasteiger charge is -2.36. The van der Waals surface area contributed by atoms with Crippen molar-refractivity contribution in [2.45, 2.75) is 17.8 Å². The molecule has 2 atom stereocenters. The number of amides is 1. The van der Waals surface area contributed by atoms with Crippen LogP contribution in [0.15, 0.2) is 24.3 Å². The summed E-state index contributed by atoms with van der Waals surface area (Å²) in [6.45, 7) is 0. The Morgan fingerprint density at radius 1 is 1.27 bits per heavy atom. The summed E-state index contributed by atoms with van der Waals surface area (Å²) >= 11 is 0. The zero-order chi connectivity index (χ0) is 17.0. The molecule has 0 aromatic heterocycles. The summed E-state index contributed by atoms with van der Waals surface area (Å²) in [6, 6.07) is 1.88. The van der Waals surface area contributed by atoms with Gasteiger partial charge in [-0.3, -0.25) is 4.79 Å². The third-order valence-corrected chi connectivity index (χ3v) is 3.05. The van der Waals surface area contributed by atoms with Gasteiger partial charge in [0.2, 0.25) is 12.0 Å². The van der Waals surface area contributed by atoms with Crippen molar-refractivity contribution in [3.63, 3.8) is 0 Å². The molecule has 0 heterocycles. The fourth-order valence-corrected chi connectivity index (χ4v) is 1.88. The maximum Gasteiger partial charge on any atom is 0.424 e. The zero-order valence-electron chi connectivity index (χ0n) is 11.7. The SMILES string of the molecule is COC(=O)[C@@H](NC=O)[C@@](O)(c1ccc(OC)cc1)C(F)(F)F. The summed E-state index contributed by atoms with van der Waals surface area (Å²) in [4.78, 5) is 22.1. The Kier molecular flexibility index (Phi) is 5.37. The minimum atomic E-state index is -5.25. The molecule has 0 saturated carbocycles. The van der Waals surface area contributed by atoms with Gasteiger partial charge >= 0.3 is 12.1 Å². The van der Waals surface area contributed by atoms with E-state index in [1.165, 1.54) is 19.2 Å². The average molecular weight is 321 g/mol. The Bertz CT molecular complexity index is 531. The molecule has 122 valence electrons. The Hall–Kier alpha value is -2.29. The van der Waals surface area contributed by atoms with Crippen LogP contribution in [-0.4, -0.2) is 43.9 Å². The molecule has 0 aliphatic carbocycles. The monoisotopic (exact) mass is 321 g/mol. The lowest BCUT2D eigenvalue weighted by molar-refractivity contribution is -0.276. The van der Waals surface area contributed by atoms with E-state index in [0.717, 1.165) is 19.2 Å². The van der Waals surface area contributed by atoms with E-state index in [0.29, 0.717) is 0 Å². The van der Waals surface area contributed by atoms with Crippen LogP contribution in [0.5, 0.6) is 5.75 Å². The molecule has 6 nitrogen and oxygen atoms in total. The lowest BCUT2D eigenvalue weighted by atomic mass is 9.85. The number of aliphatic hydroxyl groups is 1. The first-order valence-corrected chi connectivity index (χ1v) is 5.93. The number of halogens is 3. The molecule has 1 rings (SSSR count). The maximum absolute atomic E-state index is 13.4. The van der Waals surface area contributed by atoms with Gasteiger partial charge in [0.25, 0.3) is 0 Å². The van der Waals surface area contributed by atoms with Crippen LogP contribution in [0.25, 0.3) is 0 Å². The fourth-order valence-electron chi connectivity index (χ4n) is 1.88. The van der Waals surface area contributed by atoms with E-state index in [1.807, 2.05) is 0 Å². The van der Waals surface area contributed by atoms with Gasteiger partial charge in [-0.25, -0.2) is 4.79 Å². The van der Waals surface area contributed by atoms with Gasteiger partial charge in [-0.15, -0.1) is 0 Å². The van der Waals surface area contributed by atoms with Gasteiger partial charge in [0.1, 0.15) is 5.75 Å². The van der Waals surface area contributed by atoms with E-state index in [-0.39, 0.29) is 12.2 Å². The molecule has 0 fully saturated rings. The smallest absolute Gasteiger partial charge is 0.424 e. The van der Waals surface area contributed by atoms with Gasteiger partial charge in [0, 0.05) is 0 Å². The molecule has 1 amide bonds. The molecule has 9 heteroatoms. The van der Waals surface area contributed by atoms with E-state index in [9.17, 15) is 27.9 Å². The van der Waals surface area contributed by atoms with E-state index in [1.54, 1.807) is 5.32 Å². The molecule has 1 aromatic rings. The van der Waals surface area contributed by atoms with Crippen molar-refractivity contribution < 1.29 is 37.3 Å². The standard InChI is InChI=1S/C13H14F3NO5/c1-21-9-5-3-8(4-6-9)12(20,13(14,15)16)10(17-7-18)11(19)22-2/h3-7,10,20H,1-2H3,(H,17,18)/t10-,12+/m1/s1. The zero-order valence-corrected chi connectivity index (χ0v) is 11.7. The van der Waals surface area contributed by atoms with Crippen LogP contribution < -0.4 is 10.1 Å². The topological polar surface area (TPSA) is 84.9 Å². The van der Waals surface area contributed by atoms with Crippen molar-refractivity contribution in [3.8, 4) is 5.75 Å². The number of ether oxygens (including phenoxy) is 2. The normalized spacial score (nSPS) is 15.4. The predicted molar refractivity (Wildman–Crippen MR) is 67.9 cm³/mol. The number of carbonyl (C=O) groups excluding carboxylic acids is 2. The Labute approximate surface area is 123 Å². The summed E-state index contributed by atoms with van der Waals surface area (Å²) in [5.74, 6) is -1.19. The molecule has 0 aliphatic heterocycles. The second kappa shape index (κ2) is 6.65. The first kappa shape index (κ1) is 17.8. The van der Waals surface area contributed by atoms with Crippen molar-refractivity contribution in [2.75, 3.05) is 14.2 Å². The Balaban J connectivity index is 3.46. The average Bonchev–Trinajstić information content (AvgIpc) is 2.50. The second-order valence-corrected chi connectivity index (χ2v) is 4.23. The van der Waals surface area contributed by atoms with Crippen molar-refractivity contribution in [1.29, 1.82) is 0 Å². The molecule has 0 saturated heterocycles. The summed E-state index contributed by atoms with van der Waals surface area (Å²) in [5, 5.41) is 11.8. The fraction of sp³-hybridized carbons (Fsp3) is 0.385. The number of alkyl halides is 3. The highest BCUT2D eigenvalue weighted by atomic mass is 19.4. The Morgan fingerprint density at radius 2 is 1.82 bits per heavy atom. The highest BCUT2D eigenvalue weighted by Crippen LogP contribution is 2.42. The van der Waals surface area contributed by atoms with Gasteiger partial charge in [-0.1, -0.05) is 12.1 Å². The lowest BCUT2D eigenvalue weighted by Crippen LogP contribution is -2.60. The van der Waals surface area contributed by atoms with Crippen molar-refractivity contribution in [2.24, 2.45) is 0 Å². The first-order chi connectivity index (χ1) is 10.2. The number of methoxy groups -OCH3 is 2. The molecule has 0 radical (unpaired) electrons. The van der Waals surface area contributed by atoms with Gasteiger partial charge in [0.05, 0.1) is 14.2 Å². The van der Waals surface area contributed by atoms with Crippen molar-refractivity contribution in [3.05, 3.63) is 29.8 Å². The van der Waals surface area contributed by atoms with Crippen LogP contribution in [0, 0.1) is 0 Å². The molecule has 0 aliphatic rings. The van der Waals surface area contributed by atoms with E-state index in [4.69, 9.17) is 4.74 Å². The van der Waals surface area contributed by atoms with Crippen LogP contribution >= 0.6 is 0 Å². The molecular weight excluding hydrogens is 307 g/mol. The van der Waals surface area contributed by atoms with E-state index >= 15 is 0 Å². The van der Waals surface area contributed by atoms with Gasteiger partial charge in [0.15, 0.2) is 6.04 Å². The van der Waals surface area contributed by atoms with Crippen LogP contribution in [0.1, 0.15) is 5.56 Å². The summed E-state index contributed by atoms with van der Waals surface area (Å²) in [6.07, 6.45) is -5.38. The molecule has 0 bridgehead atoms. The van der Waals surface area contributed by atoms with Crippen LogP contribution in [0.3, 0.4) is 0 Å². The third kappa shape index (κ3) is 3.14. The number of carbonyl (C=O) groups is 2. The summed E-state index contributed by atoms with van der Waals surface area (Å²) < 4.78 is 49.2. The van der Waals surface area contributed by atoms with Crippen LogP contribution in [-0.2, 0) is 19.9 Å². The minimum absolute atomic E-state index is 0.123. The Morgan fingerprint density at radius 3 is 2.18 bits per heavy atom. The molecule has 22 heavy (non-hydrogen) atoms. The van der Waals surface area contributed by atoms with Crippen LogP contribution in [0.2, 0.25) is 0 Å². The van der Waals surface area contributed by atoms with E-state index < -0.39 is 29.4 Å². The first-order valence-electron chi connectivity index (χ1n) is 5.93. The highest BCUT2D eigenvalue weighted by molar-refractivity contribution is 5.80. The largest absolute Gasteiger partial charge is 0.497 e. The number of hydrogen-bond acceptors (Lipinski definition) is 5. The van der Waals surface area contributed by atoms with Crippen molar-refractivity contribution >= 4 is 12.4 Å². The molecule has 2 N–H and O–H groups in total. The molecule has 1 aromatic carbocycles. The van der Waals surface area contributed by atoms with Gasteiger partial charge in [-0.2, -0.15) is 13.2 Å². The van der Waals surface area contributed by atoms with E-state index in [2.05, 4.69) is 4.74 Å². The second-order valence-electron chi connectivity index (χ2n) is 4.23.